The van der Waals surface area contributed by atoms with Crippen LogP contribution in [-0.4, -0.2) is 35.2 Å². The van der Waals surface area contributed by atoms with Crippen LogP contribution in [0.2, 0.25) is 5.02 Å². The van der Waals surface area contributed by atoms with Crippen molar-refractivity contribution in [3.05, 3.63) is 93.5 Å². The summed E-state index contributed by atoms with van der Waals surface area (Å²) in [6.07, 6.45) is -1.00. The number of Topliss-reactive ketones (excluding diaryl/α,β-unsaturated/α-hetero) is 1. The van der Waals surface area contributed by atoms with E-state index in [1.165, 1.54) is 24.0 Å². The zero-order valence-corrected chi connectivity index (χ0v) is 19.5. The van der Waals surface area contributed by atoms with Crippen molar-refractivity contribution in [2.24, 2.45) is 5.92 Å². The number of ether oxygens (including phenoxy) is 1. The average molecular weight is 493 g/mol. The lowest BCUT2D eigenvalue weighted by atomic mass is 10.0. The Morgan fingerprint density at radius 2 is 1.57 bits per heavy atom. The first kappa shape index (κ1) is 24.1. The first-order valence-electron chi connectivity index (χ1n) is 10.9. The van der Waals surface area contributed by atoms with E-state index < -0.39 is 22.9 Å². The second kappa shape index (κ2) is 10.1. The molecule has 1 saturated heterocycles. The van der Waals surface area contributed by atoms with E-state index >= 15 is 0 Å². The third kappa shape index (κ3) is 5.38. The molecule has 1 heterocycles. The summed E-state index contributed by atoms with van der Waals surface area (Å²) >= 11 is 5.84. The van der Waals surface area contributed by atoms with E-state index in [-0.39, 0.29) is 30.3 Å². The van der Waals surface area contributed by atoms with Crippen molar-refractivity contribution in [3.63, 3.8) is 0 Å². The minimum Gasteiger partial charge on any atom is -0.454 e. The van der Waals surface area contributed by atoms with E-state index in [0.29, 0.717) is 16.3 Å². The van der Waals surface area contributed by atoms with Crippen molar-refractivity contribution < 1.29 is 24.0 Å². The van der Waals surface area contributed by atoms with Crippen molar-refractivity contribution in [1.82, 2.24) is 0 Å². The molecule has 0 aliphatic carbocycles. The molecule has 0 unspecified atom stereocenters. The van der Waals surface area contributed by atoms with Gasteiger partial charge in [-0.05, 0) is 66.6 Å². The van der Waals surface area contributed by atoms with Crippen LogP contribution in [0.4, 0.5) is 11.4 Å². The molecule has 178 valence electrons. The van der Waals surface area contributed by atoms with Gasteiger partial charge in [0.2, 0.25) is 11.7 Å². The van der Waals surface area contributed by atoms with Gasteiger partial charge in [0, 0.05) is 41.4 Å². The van der Waals surface area contributed by atoms with Crippen molar-refractivity contribution in [1.29, 1.82) is 0 Å². The Kier molecular flexibility index (Phi) is 6.93. The van der Waals surface area contributed by atoms with Crippen LogP contribution in [0.5, 0.6) is 0 Å². The summed E-state index contributed by atoms with van der Waals surface area (Å²) in [5, 5.41) is 11.3. The number of hydrogen-bond donors (Lipinski definition) is 0. The Morgan fingerprint density at radius 1 is 1.00 bits per heavy atom. The lowest BCUT2D eigenvalue weighted by Gasteiger charge is -2.18. The van der Waals surface area contributed by atoms with E-state index in [0.717, 1.165) is 11.1 Å². The maximum absolute atomic E-state index is 12.7. The zero-order valence-electron chi connectivity index (χ0n) is 18.7. The lowest BCUT2D eigenvalue weighted by molar-refractivity contribution is -0.384. The Labute approximate surface area is 206 Å². The van der Waals surface area contributed by atoms with E-state index in [9.17, 15) is 24.5 Å². The smallest absolute Gasteiger partial charge is 0.312 e. The second-order valence-corrected chi connectivity index (χ2v) is 8.64. The molecule has 35 heavy (non-hydrogen) atoms. The van der Waals surface area contributed by atoms with Crippen molar-refractivity contribution in [2.75, 3.05) is 11.4 Å². The predicted molar refractivity (Wildman–Crippen MR) is 130 cm³/mol. The van der Waals surface area contributed by atoms with Gasteiger partial charge in [-0.2, -0.15) is 0 Å². The Bertz CT molecular complexity index is 1270. The van der Waals surface area contributed by atoms with Gasteiger partial charge in [-0.25, -0.2) is 0 Å². The highest BCUT2D eigenvalue weighted by Crippen LogP contribution is 2.29. The van der Waals surface area contributed by atoms with E-state index in [1.807, 2.05) is 12.1 Å². The summed E-state index contributed by atoms with van der Waals surface area (Å²) in [6.45, 7) is 1.65. The third-order valence-electron chi connectivity index (χ3n) is 5.84. The molecule has 1 amide bonds. The van der Waals surface area contributed by atoms with E-state index in [1.54, 1.807) is 48.5 Å². The minimum absolute atomic E-state index is 0.00913. The van der Waals surface area contributed by atoms with Gasteiger partial charge in [0.25, 0.3) is 5.69 Å². The van der Waals surface area contributed by atoms with Crippen molar-refractivity contribution in [3.8, 4) is 11.1 Å². The minimum atomic E-state index is -0.992. The summed E-state index contributed by atoms with van der Waals surface area (Å²) in [5.41, 5.74) is 2.65. The maximum atomic E-state index is 12.7. The number of carbonyl (C=O) groups is 3. The highest BCUT2D eigenvalue weighted by atomic mass is 35.5. The fraction of sp³-hybridized carbons (Fsp3) is 0.192. The van der Waals surface area contributed by atoms with Gasteiger partial charge in [0.15, 0.2) is 6.10 Å². The summed E-state index contributed by atoms with van der Waals surface area (Å²) in [5.74, 6) is -1.85. The van der Waals surface area contributed by atoms with Gasteiger partial charge >= 0.3 is 5.97 Å². The Balaban J connectivity index is 1.39. The molecule has 4 rings (SSSR count). The fourth-order valence-corrected chi connectivity index (χ4v) is 4.02. The SMILES string of the molecule is C[C@H](OC(=O)[C@@H]1CC(=O)N(c2ccc(-c3ccc([N+](=O)[O-])cc3)cc2)C1)C(=O)c1ccc(Cl)cc1. The number of anilines is 1. The number of nitro groups is 1. The molecule has 0 N–H and O–H groups in total. The molecule has 0 bridgehead atoms. The molecule has 0 spiro atoms. The number of rotatable bonds is 7. The second-order valence-electron chi connectivity index (χ2n) is 8.21. The fourth-order valence-electron chi connectivity index (χ4n) is 3.90. The molecular weight excluding hydrogens is 472 g/mol. The monoisotopic (exact) mass is 492 g/mol. The van der Waals surface area contributed by atoms with Crippen LogP contribution in [0, 0.1) is 16.0 Å². The molecule has 1 aliphatic rings. The highest BCUT2D eigenvalue weighted by Gasteiger charge is 2.37. The number of halogens is 1. The van der Waals surface area contributed by atoms with Crippen LogP contribution in [0.1, 0.15) is 23.7 Å². The number of nitro benzene ring substituents is 1. The van der Waals surface area contributed by atoms with Crippen LogP contribution in [-0.2, 0) is 14.3 Å². The number of esters is 1. The predicted octanol–water partition coefficient (Wildman–Crippen LogP) is 5.08. The molecule has 1 fully saturated rings. The lowest BCUT2D eigenvalue weighted by Crippen LogP contribution is -2.30. The molecule has 0 aromatic heterocycles. The first-order valence-corrected chi connectivity index (χ1v) is 11.3. The maximum Gasteiger partial charge on any atom is 0.312 e. The third-order valence-corrected chi connectivity index (χ3v) is 6.09. The van der Waals surface area contributed by atoms with Crippen molar-refractivity contribution in [2.45, 2.75) is 19.4 Å². The largest absolute Gasteiger partial charge is 0.454 e. The number of nitrogens with zero attached hydrogens (tertiary/aromatic N) is 2. The van der Waals surface area contributed by atoms with E-state index in [4.69, 9.17) is 16.3 Å². The van der Waals surface area contributed by atoms with Gasteiger partial charge in [0.05, 0.1) is 10.8 Å². The summed E-state index contributed by atoms with van der Waals surface area (Å²) in [7, 11) is 0. The zero-order chi connectivity index (χ0) is 25.1. The quantitative estimate of drug-likeness (QED) is 0.197. The van der Waals surface area contributed by atoms with Gasteiger partial charge in [-0.3, -0.25) is 24.5 Å². The van der Waals surface area contributed by atoms with Crippen LogP contribution in [0.25, 0.3) is 11.1 Å². The van der Waals surface area contributed by atoms with Crippen LogP contribution >= 0.6 is 11.6 Å². The molecule has 9 heteroatoms. The number of hydrogen-bond acceptors (Lipinski definition) is 6. The summed E-state index contributed by atoms with van der Waals surface area (Å²) in [4.78, 5) is 49.7. The molecule has 0 saturated carbocycles. The summed E-state index contributed by atoms with van der Waals surface area (Å²) < 4.78 is 5.37. The number of ketones is 1. The van der Waals surface area contributed by atoms with Crippen LogP contribution < -0.4 is 4.90 Å². The molecular formula is C26H21ClN2O6. The molecule has 0 radical (unpaired) electrons. The average Bonchev–Trinajstić information content (AvgIpc) is 3.26. The first-order chi connectivity index (χ1) is 16.7. The van der Waals surface area contributed by atoms with E-state index in [2.05, 4.69) is 0 Å². The number of carbonyl (C=O) groups excluding carboxylic acids is 3. The highest BCUT2D eigenvalue weighted by molar-refractivity contribution is 6.30. The normalized spacial score (nSPS) is 16.1. The standard InChI is InChI=1S/C26H21ClN2O6/c1-16(25(31)19-2-8-21(27)9-3-19)35-26(32)20-14-24(30)28(15-20)22-10-4-17(5-11-22)18-6-12-23(13-7-18)29(33)34/h2-13,16,20H,14-15H2,1H3/t16-,20+/m0/s1. The topological polar surface area (TPSA) is 107 Å². The number of amides is 1. The molecule has 2 atom stereocenters. The Morgan fingerprint density at radius 3 is 2.14 bits per heavy atom. The van der Waals surface area contributed by atoms with Gasteiger partial charge in [0.1, 0.15) is 0 Å². The van der Waals surface area contributed by atoms with Crippen LogP contribution in [0.15, 0.2) is 72.8 Å². The van der Waals surface area contributed by atoms with Crippen molar-refractivity contribution >= 4 is 40.6 Å². The summed E-state index contributed by atoms with van der Waals surface area (Å²) in [6, 6.07) is 19.6. The van der Waals surface area contributed by atoms with Gasteiger partial charge in [-0.15, -0.1) is 0 Å². The van der Waals surface area contributed by atoms with Gasteiger partial charge < -0.3 is 9.64 Å². The van der Waals surface area contributed by atoms with Gasteiger partial charge in [-0.1, -0.05) is 23.7 Å². The molecule has 3 aromatic carbocycles. The molecule has 1 aliphatic heterocycles. The number of benzene rings is 3. The number of non-ortho nitro benzene ring substituents is 1. The van der Waals surface area contributed by atoms with Crippen LogP contribution in [0.3, 0.4) is 0 Å². The Hall–Kier alpha value is -4.04. The molecule has 8 nitrogen and oxygen atoms in total. The molecule has 3 aromatic rings.